The number of ether oxygens (including phenoxy) is 1. The number of hydrogen-bond acceptors (Lipinski definition) is 11. The minimum atomic E-state index is -0.571. The quantitative estimate of drug-likeness (QED) is 0.191. The number of aryl methyl sites for hydroxylation is 1. The van der Waals surface area contributed by atoms with Crippen molar-refractivity contribution in [2.24, 2.45) is 17.1 Å². The third-order valence-electron chi connectivity index (χ3n) is 14.3. The zero-order chi connectivity index (χ0) is 44.0. The van der Waals surface area contributed by atoms with E-state index in [0.717, 1.165) is 94.4 Å². The highest BCUT2D eigenvalue weighted by atomic mass is 35.5. The average Bonchev–Trinajstić information content (AvgIpc) is 3.89. The summed E-state index contributed by atoms with van der Waals surface area (Å²) in [6, 6.07) is 11.5. The monoisotopic (exact) mass is 879 g/mol. The average molecular weight is 880 g/mol. The zero-order valence-electron chi connectivity index (χ0n) is 36.5. The van der Waals surface area contributed by atoms with Crippen molar-refractivity contribution in [3.63, 3.8) is 0 Å². The summed E-state index contributed by atoms with van der Waals surface area (Å²) in [5.41, 5.74) is 13.0. The number of benzene rings is 2. The molecule has 16 nitrogen and oxygen atoms in total. The Morgan fingerprint density at radius 1 is 0.952 bits per heavy atom. The number of fused-ring (bicyclic) bond motifs is 2. The summed E-state index contributed by atoms with van der Waals surface area (Å²) >= 11 is 6.59. The molecule has 2 aromatic heterocycles. The molecule has 4 N–H and O–H groups in total. The standard InChI is InChI=1S/C41H48ClN11O4.C5H10O/c1-25-18-27(19-32(36(25)42)52-11-7-35(54)46-40(52)57)39(56)50-12-8-41(9-13-50)21-26(22-41)24-48-14-16-49(17-15-48)30-4-3-5-31-28(30)6-10-51(31)34-20-29(44-2)38-45-23-33(37(43)55)53(38)47-34;1-6-5-3-2-4-5/h3-5,18-20,23,26,44H,6-17,21-22,24H2,1-2H3,(H2,43,55)(H,46,54,57);5H,2-4H2,1H3. The first-order valence-electron chi connectivity index (χ1n) is 22.4. The summed E-state index contributed by atoms with van der Waals surface area (Å²) in [6.45, 7) is 9.41. The highest BCUT2D eigenvalue weighted by Crippen LogP contribution is 2.53. The third-order valence-corrected chi connectivity index (χ3v) is 14.7. The second-order valence-electron chi connectivity index (χ2n) is 18.1. The first-order chi connectivity index (χ1) is 30.4. The van der Waals surface area contributed by atoms with E-state index in [1.54, 1.807) is 19.2 Å². The molecular weight excluding hydrogens is 822 g/mol. The lowest BCUT2D eigenvalue weighted by atomic mass is 9.57. The van der Waals surface area contributed by atoms with Crippen LogP contribution in [0.5, 0.6) is 0 Å². The number of likely N-dealkylation sites (tertiary alicyclic amines) is 1. The first-order valence-corrected chi connectivity index (χ1v) is 22.8. The molecule has 334 valence electrons. The van der Waals surface area contributed by atoms with E-state index in [0.29, 0.717) is 39.4 Å². The summed E-state index contributed by atoms with van der Waals surface area (Å²) in [5, 5.41) is 10.7. The van der Waals surface area contributed by atoms with Crippen LogP contribution in [0, 0.1) is 18.3 Å². The van der Waals surface area contributed by atoms with Gasteiger partial charge in [-0.15, -0.1) is 5.10 Å². The molecule has 2 aliphatic carbocycles. The number of methoxy groups -OCH3 is 1. The number of amides is 5. The molecule has 0 bridgehead atoms. The highest BCUT2D eigenvalue weighted by Gasteiger charge is 2.47. The van der Waals surface area contributed by atoms with E-state index in [1.165, 1.54) is 59.0 Å². The van der Waals surface area contributed by atoms with Gasteiger partial charge in [-0.05, 0) is 99.5 Å². The van der Waals surface area contributed by atoms with Crippen LogP contribution >= 0.6 is 11.6 Å². The van der Waals surface area contributed by atoms with E-state index >= 15 is 0 Å². The van der Waals surface area contributed by atoms with Crippen LogP contribution in [0.3, 0.4) is 0 Å². The Labute approximate surface area is 373 Å². The largest absolute Gasteiger partial charge is 0.385 e. The van der Waals surface area contributed by atoms with Gasteiger partial charge >= 0.3 is 6.03 Å². The number of urea groups is 1. The summed E-state index contributed by atoms with van der Waals surface area (Å²) in [4.78, 5) is 65.2. The van der Waals surface area contributed by atoms with Crippen molar-refractivity contribution in [3.8, 4) is 0 Å². The molecule has 10 rings (SSSR count). The van der Waals surface area contributed by atoms with E-state index in [1.807, 2.05) is 24.9 Å². The number of halogens is 1. The molecule has 0 radical (unpaired) electrons. The fourth-order valence-electron chi connectivity index (χ4n) is 10.5. The lowest BCUT2D eigenvalue weighted by molar-refractivity contribution is -0.120. The maximum Gasteiger partial charge on any atom is 0.328 e. The molecule has 5 amide bonds. The number of anilines is 5. The van der Waals surface area contributed by atoms with Crippen molar-refractivity contribution < 1.29 is 23.9 Å². The number of imidazole rings is 1. The van der Waals surface area contributed by atoms with Crippen molar-refractivity contribution >= 4 is 69.6 Å². The Hall–Kier alpha value is -5.45. The molecule has 6 heterocycles. The molecule has 17 heteroatoms. The lowest BCUT2D eigenvalue weighted by Gasteiger charge is -2.53. The number of nitrogens with two attached hydrogens (primary N) is 1. The minimum Gasteiger partial charge on any atom is -0.385 e. The molecule has 0 atom stereocenters. The van der Waals surface area contributed by atoms with Crippen LogP contribution < -0.4 is 31.1 Å². The topological polar surface area (TPSA) is 174 Å². The summed E-state index contributed by atoms with van der Waals surface area (Å²) in [5.74, 6) is 0.485. The molecule has 6 aliphatic rings. The van der Waals surface area contributed by atoms with Gasteiger partial charge in [0, 0.05) is 108 Å². The van der Waals surface area contributed by atoms with Crippen LogP contribution in [0.4, 0.5) is 33.4 Å². The number of primary amides is 1. The lowest BCUT2D eigenvalue weighted by Crippen LogP contribution is -2.53. The van der Waals surface area contributed by atoms with Crippen LogP contribution in [0.1, 0.15) is 83.3 Å². The van der Waals surface area contributed by atoms with Gasteiger partial charge in [0.1, 0.15) is 5.69 Å². The molecule has 4 aromatic rings. The van der Waals surface area contributed by atoms with Crippen LogP contribution in [-0.2, 0) is 16.0 Å². The molecule has 2 aromatic carbocycles. The number of carbonyl (C=O) groups is 4. The van der Waals surface area contributed by atoms with Gasteiger partial charge in [0.05, 0.1) is 28.7 Å². The Balaban J connectivity index is 0.000000777. The van der Waals surface area contributed by atoms with Crippen molar-refractivity contribution in [3.05, 3.63) is 70.0 Å². The molecule has 1 spiro atoms. The van der Waals surface area contributed by atoms with Gasteiger partial charge in [-0.2, -0.15) is 0 Å². The van der Waals surface area contributed by atoms with E-state index in [2.05, 4.69) is 48.5 Å². The van der Waals surface area contributed by atoms with Crippen LogP contribution in [-0.4, -0.2) is 127 Å². The predicted molar refractivity (Wildman–Crippen MR) is 243 cm³/mol. The van der Waals surface area contributed by atoms with E-state index in [-0.39, 0.29) is 30.5 Å². The Kier molecular flexibility index (Phi) is 12.0. The number of piperidine rings is 1. The number of nitrogens with zero attached hydrogens (tertiary/aromatic N) is 8. The van der Waals surface area contributed by atoms with E-state index < -0.39 is 11.9 Å². The fraction of sp³-hybridized carbons (Fsp3) is 0.522. The zero-order valence-corrected chi connectivity index (χ0v) is 37.3. The maximum absolute atomic E-state index is 13.7. The van der Waals surface area contributed by atoms with Crippen molar-refractivity contribution in [2.75, 3.05) is 93.1 Å². The Morgan fingerprint density at radius 3 is 2.33 bits per heavy atom. The molecule has 4 aliphatic heterocycles. The number of nitrogens with one attached hydrogen (secondary N) is 2. The number of rotatable bonds is 9. The molecule has 5 fully saturated rings. The normalized spacial score (nSPS) is 20.3. The number of piperazine rings is 1. The Bertz CT molecular complexity index is 2410. The summed E-state index contributed by atoms with van der Waals surface area (Å²) in [6.07, 6.45) is 11.5. The molecule has 63 heavy (non-hydrogen) atoms. The molecule has 0 unspecified atom stereocenters. The molecule has 2 saturated carbocycles. The maximum atomic E-state index is 13.7. The summed E-state index contributed by atoms with van der Waals surface area (Å²) in [7, 11) is 3.61. The van der Waals surface area contributed by atoms with Gasteiger partial charge in [-0.25, -0.2) is 14.3 Å². The second-order valence-corrected chi connectivity index (χ2v) is 18.5. The SMILES string of the molecule is CNc1cc(N2CCc3c(N4CCN(CC5CC6(CCN(C(=O)c7cc(C)c(Cl)c(N8CCC(=O)NC8=O)c7)CC6)C5)CC4)cccc32)nn2c(C(N)=O)cnc12.COC1CCC1. The molecule has 3 saturated heterocycles. The third kappa shape index (κ3) is 8.40. The molecular formula is C46H58ClN11O5. The summed E-state index contributed by atoms with van der Waals surface area (Å²) < 4.78 is 6.52. The van der Waals surface area contributed by atoms with Gasteiger partial charge in [-0.3, -0.25) is 29.5 Å². The van der Waals surface area contributed by atoms with E-state index in [4.69, 9.17) is 27.2 Å². The fourth-order valence-corrected chi connectivity index (χ4v) is 10.7. The van der Waals surface area contributed by atoms with Gasteiger partial charge in [-0.1, -0.05) is 17.7 Å². The minimum absolute atomic E-state index is 0.0424. The smallest absolute Gasteiger partial charge is 0.328 e. The van der Waals surface area contributed by atoms with Crippen LogP contribution in [0.15, 0.2) is 42.6 Å². The highest BCUT2D eigenvalue weighted by molar-refractivity contribution is 6.35. The number of hydrogen-bond donors (Lipinski definition) is 3. The van der Waals surface area contributed by atoms with Gasteiger partial charge in [0.25, 0.3) is 11.8 Å². The van der Waals surface area contributed by atoms with Crippen LogP contribution in [0.25, 0.3) is 5.65 Å². The van der Waals surface area contributed by atoms with E-state index in [9.17, 15) is 19.2 Å². The number of imide groups is 1. The number of carbonyl (C=O) groups excluding carboxylic acids is 4. The van der Waals surface area contributed by atoms with Crippen LogP contribution in [0.2, 0.25) is 5.02 Å². The van der Waals surface area contributed by atoms with Gasteiger partial charge in [0.15, 0.2) is 11.5 Å². The van der Waals surface area contributed by atoms with Gasteiger partial charge < -0.3 is 30.5 Å². The van der Waals surface area contributed by atoms with Gasteiger partial charge in [0.2, 0.25) is 5.91 Å². The Morgan fingerprint density at radius 2 is 1.68 bits per heavy atom. The van der Waals surface area contributed by atoms with Crippen molar-refractivity contribution in [1.29, 1.82) is 0 Å². The predicted octanol–water partition coefficient (Wildman–Crippen LogP) is 5.61. The van der Waals surface area contributed by atoms with Crippen molar-refractivity contribution in [1.82, 2.24) is 29.7 Å². The number of aromatic nitrogens is 3. The van der Waals surface area contributed by atoms with Crippen molar-refractivity contribution in [2.45, 2.75) is 70.8 Å². The first kappa shape index (κ1) is 42.8. The second kappa shape index (κ2) is 17.6.